The second kappa shape index (κ2) is 5.58. The number of hydrogen-bond acceptors (Lipinski definition) is 4. The quantitative estimate of drug-likeness (QED) is 0.580. The van der Waals surface area contributed by atoms with Gasteiger partial charge in [0, 0.05) is 23.0 Å². The minimum atomic E-state index is 0.559. The van der Waals surface area contributed by atoms with Gasteiger partial charge in [-0.25, -0.2) is 0 Å². The molecule has 6 nitrogen and oxygen atoms in total. The zero-order valence-corrected chi connectivity index (χ0v) is 14.2. The number of hydrogen-bond donors (Lipinski definition) is 2. The van der Waals surface area contributed by atoms with Crippen molar-refractivity contribution in [3.63, 3.8) is 0 Å². The van der Waals surface area contributed by atoms with Gasteiger partial charge < -0.3 is 5.32 Å². The predicted octanol–water partition coefficient (Wildman–Crippen LogP) is 4.47. The first-order chi connectivity index (χ1) is 12.3. The van der Waals surface area contributed by atoms with Gasteiger partial charge in [-0.15, -0.1) is 0 Å². The Labute approximate surface area is 145 Å². The standard InChI is InChI=1S/C19H20N6/c1-12-15-9-8-13(11-17(15)24-25(12)14-5-2-3-6-14)21-19-18-16(22-23-19)7-4-10-20-18/h4,7-11,14H,2-3,5-6H2,1H3,(H2,21,22,23). The number of anilines is 2. The van der Waals surface area contributed by atoms with Crippen LogP contribution in [0.1, 0.15) is 37.4 Å². The molecule has 5 rings (SSSR count). The third-order valence-corrected chi connectivity index (χ3v) is 5.20. The molecular weight excluding hydrogens is 312 g/mol. The fraction of sp³-hybridized carbons (Fsp3) is 0.316. The molecular formula is C19H20N6. The summed E-state index contributed by atoms with van der Waals surface area (Å²) < 4.78 is 2.23. The van der Waals surface area contributed by atoms with Gasteiger partial charge in [0.15, 0.2) is 5.82 Å². The number of aryl methyl sites for hydroxylation is 1. The third-order valence-electron chi connectivity index (χ3n) is 5.20. The van der Waals surface area contributed by atoms with E-state index in [2.05, 4.69) is 50.3 Å². The van der Waals surface area contributed by atoms with Crippen molar-refractivity contribution in [3.8, 4) is 0 Å². The number of H-pyrrole nitrogens is 1. The summed E-state index contributed by atoms with van der Waals surface area (Å²) in [5, 5.41) is 16.8. The van der Waals surface area contributed by atoms with Crippen LogP contribution < -0.4 is 5.32 Å². The molecule has 1 saturated carbocycles. The zero-order valence-electron chi connectivity index (χ0n) is 14.2. The van der Waals surface area contributed by atoms with E-state index in [1.165, 1.54) is 36.8 Å². The molecule has 126 valence electrons. The van der Waals surface area contributed by atoms with Crippen LogP contribution in [-0.2, 0) is 0 Å². The van der Waals surface area contributed by atoms with Gasteiger partial charge in [0.25, 0.3) is 0 Å². The molecule has 1 aromatic carbocycles. The van der Waals surface area contributed by atoms with Gasteiger partial charge in [-0.3, -0.25) is 14.8 Å². The van der Waals surface area contributed by atoms with Crippen molar-refractivity contribution in [2.75, 3.05) is 5.32 Å². The second-order valence-electron chi connectivity index (χ2n) is 6.80. The first kappa shape index (κ1) is 14.5. The molecule has 3 heterocycles. The molecule has 3 aromatic heterocycles. The van der Waals surface area contributed by atoms with Crippen molar-refractivity contribution in [2.45, 2.75) is 38.6 Å². The van der Waals surface area contributed by atoms with E-state index in [0.717, 1.165) is 28.1 Å². The smallest absolute Gasteiger partial charge is 0.178 e. The summed E-state index contributed by atoms with van der Waals surface area (Å²) in [5.74, 6) is 0.738. The van der Waals surface area contributed by atoms with Gasteiger partial charge in [0.1, 0.15) is 5.52 Å². The Balaban J connectivity index is 1.52. The van der Waals surface area contributed by atoms with E-state index in [0.29, 0.717) is 6.04 Å². The van der Waals surface area contributed by atoms with Crippen LogP contribution in [0.3, 0.4) is 0 Å². The van der Waals surface area contributed by atoms with Crippen LogP contribution in [0, 0.1) is 6.92 Å². The van der Waals surface area contributed by atoms with Gasteiger partial charge >= 0.3 is 0 Å². The number of aromatic amines is 1. The first-order valence-corrected chi connectivity index (χ1v) is 8.84. The zero-order chi connectivity index (χ0) is 16.8. The first-order valence-electron chi connectivity index (χ1n) is 8.84. The highest BCUT2D eigenvalue weighted by molar-refractivity contribution is 5.90. The van der Waals surface area contributed by atoms with Crippen molar-refractivity contribution < 1.29 is 0 Å². The summed E-state index contributed by atoms with van der Waals surface area (Å²) in [5.41, 5.74) is 5.04. The Hall–Kier alpha value is -2.89. The van der Waals surface area contributed by atoms with E-state index < -0.39 is 0 Å². The Morgan fingerprint density at radius 3 is 2.96 bits per heavy atom. The molecule has 4 aromatic rings. The molecule has 2 N–H and O–H groups in total. The van der Waals surface area contributed by atoms with E-state index in [1.807, 2.05) is 12.1 Å². The van der Waals surface area contributed by atoms with Crippen molar-refractivity contribution in [1.82, 2.24) is 25.0 Å². The number of aromatic nitrogens is 5. The van der Waals surface area contributed by atoms with Gasteiger partial charge in [-0.05, 0) is 50.1 Å². The minimum absolute atomic E-state index is 0.559. The Kier molecular flexibility index (Phi) is 3.23. The highest BCUT2D eigenvalue weighted by atomic mass is 15.3. The van der Waals surface area contributed by atoms with Gasteiger partial charge in [-0.2, -0.15) is 10.2 Å². The topological polar surface area (TPSA) is 71.4 Å². The highest BCUT2D eigenvalue weighted by Gasteiger charge is 2.20. The van der Waals surface area contributed by atoms with Gasteiger partial charge in [0.2, 0.25) is 0 Å². The molecule has 25 heavy (non-hydrogen) atoms. The molecule has 0 amide bonds. The SMILES string of the molecule is Cc1c2ccc(Nc3n[nH]c4cccnc34)cc2nn1C1CCCC1. The molecule has 0 radical (unpaired) electrons. The lowest BCUT2D eigenvalue weighted by Crippen LogP contribution is -2.07. The fourth-order valence-electron chi connectivity index (χ4n) is 3.89. The maximum absolute atomic E-state index is 4.88. The van der Waals surface area contributed by atoms with Crippen molar-refractivity contribution >= 4 is 33.4 Å². The molecule has 0 saturated heterocycles. The molecule has 1 aliphatic carbocycles. The predicted molar refractivity (Wildman–Crippen MR) is 99.1 cm³/mol. The van der Waals surface area contributed by atoms with Crippen molar-refractivity contribution in [1.29, 1.82) is 0 Å². The summed E-state index contributed by atoms with van der Waals surface area (Å²) in [6, 6.07) is 10.7. The van der Waals surface area contributed by atoms with E-state index in [-0.39, 0.29) is 0 Å². The number of nitrogens with zero attached hydrogens (tertiary/aromatic N) is 4. The summed E-state index contributed by atoms with van der Waals surface area (Å²) in [4.78, 5) is 4.39. The van der Waals surface area contributed by atoms with Crippen LogP contribution in [0.25, 0.3) is 21.9 Å². The average molecular weight is 332 g/mol. The highest BCUT2D eigenvalue weighted by Crippen LogP contribution is 2.33. The van der Waals surface area contributed by atoms with Crippen LogP contribution in [-0.4, -0.2) is 25.0 Å². The second-order valence-corrected chi connectivity index (χ2v) is 6.80. The van der Waals surface area contributed by atoms with Gasteiger partial charge in [0.05, 0.1) is 17.1 Å². The lowest BCUT2D eigenvalue weighted by atomic mass is 10.2. The molecule has 1 fully saturated rings. The molecule has 6 heteroatoms. The molecule has 0 spiro atoms. The van der Waals surface area contributed by atoms with E-state index >= 15 is 0 Å². The maximum atomic E-state index is 4.88. The molecule has 0 unspecified atom stereocenters. The molecule has 1 aliphatic rings. The van der Waals surface area contributed by atoms with Crippen molar-refractivity contribution in [3.05, 3.63) is 42.2 Å². The van der Waals surface area contributed by atoms with E-state index in [9.17, 15) is 0 Å². The monoisotopic (exact) mass is 332 g/mol. The summed E-state index contributed by atoms with van der Waals surface area (Å²) in [6.07, 6.45) is 6.88. The van der Waals surface area contributed by atoms with Crippen LogP contribution in [0.2, 0.25) is 0 Å². The summed E-state index contributed by atoms with van der Waals surface area (Å²) >= 11 is 0. The molecule has 0 atom stereocenters. The number of fused-ring (bicyclic) bond motifs is 2. The largest absolute Gasteiger partial charge is 0.337 e. The van der Waals surface area contributed by atoms with Crippen LogP contribution >= 0.6 is 0 Å². The Morgan fingerprint density at radius 1 is 1.20 bits per heavy atom. The summed E-state index contributed by atoms with van der Waals surface area (Å²) in [7, 11) is 0. The number of benzene rings is 1. The Bertz CT molecular complexity index is 1050. The number of rotatable bonds is 3. The van der Waals surface area contributed by atoms with Crippen molar-refractivity contribution in [2.24, 2.45) is 0 Å². The van der Waals surface area contributed by atoms with E-state index in [1.54, 1.807) is 6.20 Å². The average Bonchev–Trinajstić information content (AvgIpc) is 3.35. The lowest BCUT2D eigenvalue weighted by Gasteiger charge is -2.11. The van der Waals surface area contributed by atoms with Crippen LogP contribution in [0.4, 0.5) is 11.5 Å². The lowest BCUT2D eigenvalue weighted by molar-refractivity contribution is 0.460. The molecule has 0 aliphatic heterocycles. The van der Waals surface area contributed by atoms with E-state index in [4.69, 9.17) is 5.10 Å². The number of nitrogens with one attached hydrogen (secondary N) is 2. The van der Waals surface area contributed by atoms with Crippen LogP contribution in [0.15, 0.2) is 36.5 Å². The normalized spacial score (nSPS) is 15.4. The van der Waals surface area contributed by atoms with Crippen LogP contribution in [0.5, 0.6) is 0 Å². The molecule has 0 bridgehead atoms. The van der Waals surface area contributed by atoms with Gasteiger partial charge in [-0.1, -0.05) is 12.8 Å². The minimum Gasteiger partial charge on any atom is -0.337 e. The third kappa shape index (κ3) is 2.36. The number of pyridine rings is 1. The fourth-order valence-corrected chi connectivity index (χ4v) is 3.89. The maximum Gasteiger partial charge on any atom is 0.178 e. The summed E-state index contributed by atoms with van der Waals surface area (Å²) in [6.45, 7) is 2.17. The Morgan fingerprint density at radius 2 is 2.08 bits per heavy atom.